The van der Waals surface area contributed by atoms with Gasteiger partial charge in [0.15, 0.2) is 0 Å². The molecule has 20 heavy (non-hydrogen) atoms. The van der Waals surface area contributed by atoms with Crippen LogP contribution >= 0.6 is 0 Å². The summed E-state index contributed by atoms with van der Waals surface area (Å²) in [5.41, 5.74) is 5.76. The molecular formula is C12H20N6O2. The average molecular weight is 280 g/mol. The Morgan fingerprint density at radius 1 is 0.850 bits per heavy atom. The molecule has 0 spiro atoms. The van der Waals surface area contributed by atoms with Crippen molar-refractivity contribution in [2.75, 3.05) is 41.7 Å². The van der Waals surface area contributed by atoms with Gasteiger partial charge >= 0.3 is 0 Å². The molecule has 0 aromatic carbocycles. The second-order valence-corrected chi connectivity index (χ2v) is 5.38. The van der Waals surface area contributed by atoms with E-state index >= 15 is 0 Å². The number of aromatic nitrogens is 3. The average Bonchev–Trinajstić information content (AvgIpc) is 2.79. The molecule has 3 heterocycles. The van der Waals surface area contributed by atoms with Gasteiger partial charge in [0.05, 0.1) is 12.2 Å². The Bertz CT molecular complexity index is 469. The molecule has 1 aromatic heterocycles. The molecule has 8 heteroatoms. The van der Waals surface area contributed by atoms with Crippen molar-refractivity contribution < 1.29 is 10.2 Å². The van der Waals surface area contributed by atoms with Gasteiger partial charge in [-0.1, -0.05) is 0 Å². The summed E-state index contributed by atoms with van der Waals surface area (Å²) in [7, 11) is 0. The van der Waals surface area contributed by atoms with Crippen LogP contribution in [0.25, 0.3) is 0 Å². The lowest BCUT2D eigenvalue weighted by molar-refractivity contribution is 0.0572. The fourth-order valence-corrected chi connectivity index (χ4v) is 2.68. The Morgan fingerprint density at radius 3 is 2.00 bits per heavy atom. The second kappa shape index (κ2) is 5.37. The molecule has 0 radical (unpaired) electrons. The minimum Gasteiger partial charge on any atom is -0.388 e. The van der Waals surface area contributed by atoms with E-state index in [4.69, 9.17) is 5.73 Å². The van der Waals surface area contributed by atoms with Gasteiger partial charge in [-0.3, -0.25) is 0 Å². The molecule has 110 valence electrons. The van der Waals surface area contributed by atoms with Gasteiger partial charge in [0.1, 0.15) is 0 Å². The number of piperidine rings is 1. The minimum atomic E-state index is -0.772. The van der Waals surface area contributed by atoms with Gasteiger partial charge in [0.2, 0.25) is 17.8 Å². The Morgan fingerprint density at radius 2 is 1.40 bits per heavy atom. The van der Waals surface area contributed by atoms with Gasteiger partial charge < -0.3 is 25.7 Å². The monoisotopic (exact) mass is 280 g/mol. The molecule has 0 saturated carbocycles. The molecule has 3 rings (SSSR count). The Hall–Kier alpha value is -1.67. The number of nitrogens with two attached hydrogens (primary N) is 1. The highest BCUT2D eigenvalue weighted by molar-refractivity contribution is 5.44. The van der Waals surface area contributed by atoms with E-state index in [-0.39, 0.29) is 5.95 Å². The predicted octanol–water partition coefficient (Wildman–Crippen LogP) is -1.01. The van der Waals surface area contributed by atoms with Crippen LogP contribution < -0.4 is 15.5 Å². The van der Waals surface area contributed by atoms with Gasteiger partial charge in [-0.25, -0.2) is 0 Å². The molecule has 2 aliphatic rings. The van der Waals surface area contributed by atoms with E-state index in [1.54, 1.807) is 4.90 Å². The maximum Gasteiger partial charge on any atom is 0.232 e. The zero-order valence-corrected chi connectivity index (χ0v) is 11.3. The third-order valence-electron chi connectivity index (χ3n) is 3.81. The molecule has 1 aromatic rings. The van der Waals surface area contributed by atoms with Crippen molar-refractivity contribution in [1.82, 2.24) is 15.0 Å². The first-order chi connectivity index (χ1) is 9.63. The molecular weight excluding hydrogens is 260 g/mol. The van der Waals surface area contributed by atoms with Gasteiger partial charge in [-0.2, -0.15) is 15.0 Å². The lowest BCUT2D eigenvalue weighted by Crippen LogP contribution is -2.32. The molecule has 4 N–H and O–H groups in total. The summed E-state index contributed by atoms with van der Waals surface area (Å²) < 4.78 is 0. The van der Waals surface area contributed by atoms with Crippen LogP contribution in [0.15, 0.2) is 0 Å². The van der Waals surface area contributed by atoms with Crippen LogP contribution in [0.4, 0.5) is 17.8 Å². The third-order valence-corrected chi connectivity index (χ3v) is 3.81. The number of nitrogen functional groups attached to an aromatic ring is 1. The number of anilines is 3. The number of nitrogens with zero attached hydrogens (tertiary/aromatic N) is 5. The summed E-state index contributed by atoms with van der Waals surface area (Å²) in [4.78, 5) is 16.6. The van der Waals surface area contributed by atoms with Crippen molar-refractivity contribution in [3.63, 3.8) is 0 Å². The maximum atomic E-state index is 9.61. The molecule has 0 amide bonds. The zero-order valence-electron chi connectivity index (χ0n) is 11.3. The van der Waals surface area contributed by atoms with Crippen molar-refractivity contribution in [3.8, 4) is 0 Å². The highest BCUT2D eigenvalue weighted by Crippen LogP contribution is 2.22. The molecule has 2 saturated heterocycles. The fourth-order valence-electron chi connectivity index (χ4n) is 2.68. The number of aliphatic hydroxyl groups is 2. The summed E-state index contributed by atoms with van der Waals surface area (Å²) in [5, 5.41) is 19.2. The van der Waals surface area contributed by atoms with E-state index < -0.39 is 12.2 Å². The van der Waals surface area contributed by atoms with Gasteiger partial charge in [-0.05, 0) is 19.3 Å². The number of hydrogen-bond acceptors (Lipinski definition) is 8. The first kappa shape index (κ1) is 13.3. The molecule has 2 aliphatic heterocycles. The molecule has 2 atom stereocenters. The zero-order chi connectivity index (χ0) is 14.1. The summed E-state index contributed by atoms with van der Waals surface area (Å²) in [6.07, 6.45) is 1.94. The summed E-state index contributed by atoms with van der Waals surface area (Å²) >= 11 is 0. The van der Waals surface area contributed by atoms with Crippen LogP contribution in [-0.4, -0.2) is 63.6 Å². The van der Waals surface area contributed by atoms with Crippen molar-refractivity contribution in [3.05, 3.63) is 0 Å². The Balaban J connectivity index is 1.83. The van der Waals surface area contributed by atoms with Crippen molar-refractivity contribution >= 4 is 17.8 Å². The molecule has 0 bridgehead atoms. The van der Waals surface area contributed by atoms with E-state index in [0.29, 0.717) is 25.0 Å². The molecule has 0 aliphatic carbocycles. The predicted molar refractivity (Wildman–Crippen MR) is 74.5 cm³/mol. The first-order valence-corrected chi connectivity index (χ1v) is 7.01. The maximum absolute atomic E-state index is 9.61. The summed E-state index contributed by atoms with van der Waals surface area (Å²) in [5.74, 6) is 1.18. The quantitative estimate of drug-likeness (QED) is 0.631. The van der Waals surface area contributed by atoms with Gasteiger partial charge in [0, 0.05) is 26.2 Å². The van der Waals surface area contributed by atoms with E-state index in [2.05, 4.69) is 19.9 Å². The topological polar surface area (TPSA) is 112 Å². The highest BCUT2D eigenvalue weighted by atomic mass is 16.3. The molecule has 2 unspecified atom stereocenters. The van der Waals surface area contributed by atoms with Crippen LogP contribution in [0.3, 0.4) is 0 Å². The fraction of sp³-hybridized carbons (Fsp3) is 0.750. The number of hydrogen-bond donors (Lipinski definition) is 3. The van der Waals surface area contributed by atoms with Crippen molar-refractivity contribution in [2.45, 2.75) is 31.5 Å². The van der Waals surface area contributed by atoms with Crippen LogP contribution in [0.1, 0.15) is 19.3 Å². The lowest BCUT2D eigenvalue weighted by atomic mass is 10.1. The number of β-amino-alcohol motifs (C(OH)–C–C–N with tert-alkyl or cyclic N) is 2. The third kappa shape index (κ3) is 2.61. The number of aliphatic hydroxyl groups excluding tert-OH is 2. The molecule has 2 fully saturated rings. The smallest absolute Gasteiger partial charge is 0.232 e. The van der Waals surface area contributed by atoms with Gasteiger partial charge in [-0.15, -0.1) is 0 Å². The molecule has 8 nitrogen and oxygen atoms in total. The van der Waals surface area contributed by atoms with Gasteiger partial charge in [0.25, 0.3) is 0 Å². The Kier molecular flexibility index (Phi) is 3.58. The highest BCUT2D eigenvalue weighted by Gasteiger charge is 2.31. The second-order valence-electron chi connectivity index (χ2n) is 5.38. The summed E-state index contributed by atoms with van der Waals surface area (Å²) in [6, 6.07) is 0. The Labute approximate surface area is 117 Å². The van der Waals surface area contributed by atoms with E-state index in [1.807, 2.05) is 0 Å². The van der Waals surface area contributed by atoms with Crippen molar-refractivity contribution in [2.24, 2.45) is 0 Å². The first-order valence-electron chi connectivity index (χ1n) is 7.01. The van der Waals surface area contributed by atoms with Crippen LogP contribution in [-0.2, 0) is 0 Å². The standard InChI is InChI=1S/C12H20N6O2/c13-10-14-11(17-4-2-1-3-5-17)16-12(15-10)18-6-8(19)9(20)7-18/h8-9,19-20H,1-7H2,(H2,13,14,15,16). The normalized spacial score (nSPS) is 27.1. The van der Waals surface area contributed by atoms with Crippen LogP contribution in [0, 0.1) is 0 Å². The van der Waals surface area contributed by atoms with Crippen molar-refractivity contribution in [1.29, 1.82) is 0 Å². The number of rotatable bonds is 2. The van der Waals surface area contributed by atoms with E-state index in [1.165, 1.54) is 6.42 Å². The van der Waals surface area contributed by atoms with E-state index in [0.717, 1.165) is 25.9 Å². The summed E-state index contributed by atoms with van der Waals surface area (Å²) in [6.45, 7) is 2.47. The van der Waals surface area contributed by atoms with E-state index in [9.17, 15) is 10.2 Å². The van der Waals surface area contributed by atoms with Crippen LogP contribution in [0.5, 0.6) is 0 Å². The minimum absolute atomic E-state index is 0.173. The SMILES string of the molecule is Nc1nc(N2CCCCC2)nc(N2CC(O)C(O)C2)n1. The lowest BCUT2D eigenvalue weighted by Gasteiger charge is -2.27. The largest absolute Gasteiger partial charge is 0.388 e. The van der Waals surface area contributed by atoms with Crippen LogP contribution in [0.2, 0.25) is 0 Å².